The van der Waals surface area contributed by atoms with Gasteiger partial charge in [0.25, 0.3) is 5.91 Å². The number of carbonyl (C=O) groups is 2. The molecule has 0 aromatic heterocycles. The van der Waals surface area contributed by atoms with E-state index in [-0.39, 0.29) is 17.2 Å². The van der Waals surface area contributed by atoms with Gasteiger partial charge < -0.3 is 15.2 Å². The standard InChI is InChI=1S/C16H17NO4/c1-3-17-15(19)10(2)21-16(20)13-8-11-6-4-5-7-12(11)9-14(13)18/h4-10,18H,3H2,1-2H3,(H,17,19)/t10-/m1/s1. The molecule has 2 N–H and O–H groups in total. The van der Waals surface area contributed by atoms with Crippen molar-refractivity contribution in [3.63, 3.8) is 0 Å². The number of phenols is 1. The molecule has 110 valence electrons. The largest absolute Gasteiger partial charge is 0.507 e. The molecule has 0 fully saturated rings. The fraction of sp³-hybridized carbons (Fsp3) is 0.250. The number of rotatable bonds is 4. The number of carbonyl (C=O) groups excluding carboxylic acids is 2. The molecule has 2 aromatic carbocycles. The van der Waals surface area contributed by atoms with Crippen LogP contribution in [0.4, 0.5) is 0 Å². The SMILES string of the molecule is CCNC(=O)[C@@H](C)OC(=O)c1cc2ccccc2cc1O. The number of phenolic OH excluding ortho intramolecular Hbond substituents is 1. The molecule has 0 unspecified atom stereocenters. The number of hydrogen-bond donors (Lipinski definition) is 2. The maximum absolute atomic E-state index is 12.1. The summed E-state index contributed by atoms with van der Waals surface area (Å²) in [5, 5.41) is 14.1. The van der Waals surface area contributed by atoms with Crippen molar-refractivity contribution in [1.29, 1.82) is 0 Å². The monoisotopic (exact) mass is 287 g/mol. The smallest absolute Gasteiger partial charge is 0.342 e. The molecular weight excluding hydrogens is 270 g/mol. The van der Waals surface area contributed by atoms with Gasteiger partial charge in [-0.1, -0.05) is 24.3 Å². The molecule has 0 bridgehead atoms. The number of aromatic hydroxyl groups is 1. The molecule has 2 aromatic rings. The van der Waals surface area contributed by atoms with Gasteiger partial charge >= 0.3 is 5.97 Å². The number of esters is 1. The molecule has 21 heavy (non-hydrogen) atoms. The van der Waals surface area contributed by atoms with Gasteiger partial charge in [-0.2, -0.15) is 0 Å². The van der Waals surface area contributed by atoms with Crippen molar-refractivity contribution in [3.05, 3.63) is 42.0 Å². The van der Waals surface area contributed by atoms with E-state index < -0.39 is 12.1 Å². The number of hydrogen-bond acceptors (Lipinski definition) is 4. The Hall–Kier alpha value is -2.56. The second kappa shape index (κ2) is 6.26. The van der Waals surface area contributed by atoms with Crippen LogP contribution < -0.4 is 5.32 Å². The van der Waals surface area contributed by atoms with E-state index in [0.717, 1.165) is 10.8 Å². The van der Waals surface area contributed by atoms with Crippen LogP contribution in [0.2, 0.25) is 0 Å². The number of likely N-dealkylation sites (N-methyl/N-ethyl adjacent to an activating group) is 1. The maximum atomic E-state index is 12.1. The van der Waals surface area contributed by atoms with Crippen molar-refractivity contribution >= 4 is 22.6 Å². The molecule has 0 heterocycles. The molecule has 1 amide bonds. The Morgan fingerprint density at radius 1 is 1.24 bits per heavy atom. The van der Waals surface area contributed by atoms with Gasteiger partial charge in [0, 0.05) is 6.54 Å². The quantitative estimate of drug-likeness (QED) is 0.845. The summed E-state index contributed by atoms with van der Waals surface area (Å²) in [7, 11) is 0. The van der Waals surface area contributed by atoms with Crippen molar-refractivity contribution in [1.82, 2.24) is 5.32 Å². The van der Waals surface area contributed by atoms with Gasteiger partial charge in [0.05, 0.1) is 0 Å². The number of fused-ring (bicyclic) bond motifs is 1. The fourth-order valence-electron chi connectivity index (χ4n) is 1.99. The molecule has 0 radical (unpaired) electrons. The van der Waals surface area contributed by atoms with Crippen LogP contribution >= 0.6 is 0 Å². The molecular formula is C16H17NO4. The molecule has 5 heteroatoms. The summed E-state index contributed by atoms with van der Waals surface area (Å²) < 4.78 is 5.07. The number of benzene rings is 2. The number of ether oxygens (including phenoxy) is 1. The Bertz CT molecular complexity index is 681. The third-order valence-corrected chi connectivity index (χ3v) is 3.09. The highest BCUT2D eigenvalue weighted by atomic mass is 16.5. The third kappa shape index (κ3) is 3.31. The first kappa shape index (κ1) is 14.8. The zero-order valence-electron chi connectivity index (χ0n) is 11.9. The zero-order valence-corrected chi connectivity index (χ0v) is 11.9. The average molecular weight is 287 g/mol. The van der Waals surface area contributed by atoms with Crippen molar-refractivity contribution in [2.45, 2.75) is 20.0 Å². The van der Waals surface area contributed by atoms with E-state index in [1.807, 2.05) is 24.3 Å². The molecule has 0 aliphatic heterocycles. The van der Waals surface area contributed by atoms with Gasteiger partial charge in [-0.15, -0.1) is 0 Å². The molecule has 0 aliphatic rings. The summed E-state index contributed by atoms with van der Waals surface area (Å²) in [6.45, 7) is 3.73. The van der Waals surface area contributed by atoms with Gasteiger partial charge in [-0.25, -0.2) is 4.79 Å². The van der Waals surface area contributed by atoms with E-state index in [2.05, 4.69) is 5.32 Å². The lowest BCUT2D eigenvalue weighted by Gasteiger charge is -2.13. The van der Waals surface area contributed by atoms with Crippen molar-refractivity contribution < 1.29 is 19.4 Å². The van der Waals surface area contributed by atoms with Crippen molar-refractivity contribution in [3.8, 4) is 5.75 Å². The van der Waals surface area contributed by atoms with Gasteiger partial charge in [-0.05, 0) is 36.8 Å². The minimum absolute atomic E-state index is 0.0462. The summed E-state index contributed by atoms with van der Waals surface area (Å²) in [5.41, 5.74) is 0.0462. The Kier molecular flexibility index (Phi) is 4.42. The van der Waals surface area contributed by atoms with E-state index in [4.69, 9.17) is 4.74 Å². The molecule has 1 atom stereocenters. The molecule has 5 nitrogen and oxygen atoms in total. The lowest BCUT2D eigenvalue weighted by atomic mass is 10.1. The molecule has 2 rings (SSSR count). The predicted molar refractivity (Wildman–Crippen MR) is 79.2 cm³/mol. The Morgan fingerprint density at radius 2 is 1.86 bits per heavy atom. The minimum atomic E-state index is -0.914. The van der Waals surface area contributed by atoms with Gasteiger partial charge in [0.2, 0.25) is 0 Å². The highest BCUT2D eigenvalue weighted by Crippen LogP contribution is 2.25. The summed E-state index contributed by atoms with van der Waals surface area (Å²) >= 11 is 0. The maximum Gasteiger partial charge on any atom is 0.342 e. The lowest BCUT2D eigenvalue weighted by molar-refractivity contribution is -0.128. The van der Waals surface area contributed by atoms with Crippen LogP contribution in [0.15, 0.2) is 36.4 Å². The highest BCUT2D eigenvalue weighted by Gasteiger charge is 2.20. The van der Waals surface area contributed by atoms with Crippen LogP contribution in [0.5, 0.6) is 5.75 Å². The minimum Gasteiger partial charge on any atom is -0.507 e. The molecule has 0 aliphatic carbocycles. The van der Waals surface area contributed by atoms with Gasteiger partial charge in [0.1, 0.15) is 11.3 Å². The number of amides is 1. The van der Waals surface area contributed by atoms with Crippen LogP contribution in [0, 0.1) is 0 Å². The summed E-state index contributed by atoms with van der Waals surface area (Å²) in [6, 6.07) is 10.4. The zero-order chi connectivity index (χ0) is 15.4. The van der Waals surface area contributed by atoms with Gasteiger partial charge in [-0.3, -0.25) is 4.79 Å². The van der Waals surface area contributed by atoms with E-state index in [1.165, 1.54) is 13.0 Å². The summed E-state index contributed by atoms with van der Waals surface area (Å²) in [6.07, 6.45) is -0.914. The Labute approximate surface area is 122 Å². The molecule has 0 saturated carbocycles. The Morgan fingerprint density at radius 3 is 2.48 bits per heavy atom. The number of nitrogens with one attached hydrogen (secondary N) is 1. The normalized spacial score (nSPS) is 11.9. The van der Waals surface area contributed by atoms with Crippen LogP contribution in [0.3, 0.4) is 0 Å². The van der Waals surface area contributed by atoms with E-state index in [0.29, 0.717) is 6.54 Å². The first-order valence-electron chi connectivity index (χ1n) is 6.73. The van der Waals surface area contributed by atoms with Gasteiger partial charge in [0.15, 0.2) is 6.10 Å². The average Bonchev–Trinajstić information content (AvgIpc) is 2.46. The van der Waals surface area contributed by atoms with Crippen LogP contribution in [0.25, 0.3) is 10.8 Å². The van der Waals surface area contributed by atoms with Crippen LogP contribution in [0.1, 0.15) is 24.2 Å². The fourth-order valence-corrected chi connectivity index (χ4v) is 1.99. The lowest BCUT2D eigenvalue weighted by Crippen LogP contribution is -2.35. The first-order chi connectivity index (χ1) is 10.0. The van der Waals surface area contributed by atoms with Crippen LogP contribution in [-0.2, 0) is 9.53 Å². The first-order valence-corrected chi connectivity index (χ1v) is 6.73. The Balaban J connectivity index is 2.23. The predicted octanol–water partition coefficient (Wildman–Crippen LogP) is 2.23. The topological polar surface area (TPSA) is 75.6 Å². The second-order valence-electron chi connectivity index (χ2n) is 4.66. The van der Waals surface area contributed by atoms with Crippen LogP contribution in [-0.4, -0.2) is 29.6 Å². The molecule has 0 spiro atoms. The van der Waals surface area contributed by atoms with Crippen molar-refractivity contribution in [2.24, 2.45) is 0 Å². The summed E-state index contributed by atoms with van der Waals surface area (Å²) in [5.74, 6) is -1.26. The van der Waals surface area contributed by atoms with E-state index in [1.54, 1.807) is 13.0 Å². The summed E-state index contributed by atoms with van der Waals surface area (Å²) in [4.78, 5) is 23.6. The third-order valence-electron chi connectivity index (χ3n) is 3.09. The molecule has 0 saturated heterocycles. The second-order valence-corrected chi connectivity index (χ2v) is 4.66. The van der Waals surface area contributed by atoms with Crippen molar-refractivity contribution in [2.75, 3.05) is 6.54 Å². The van der Waals surface area contributed by atoms with E-state index in [9.17, 15) is 14.7 Å². The highest BCUT2D eigenvalue weighted by molar-refractivity contribution is 5.99. The van der Waals surface area contributed by atoms with E-state index >= 15 is 0 Å².